The Morgan fingerprint density at radius 3 is 2.60 bits per heavy atom. The number of hydrogen-bond donors (Lipinski definition) is 1. The zero-order valence-electron chi connectivity index (χ0n) is 11.8. The Kier molecular flexibility index (Phi) is 3.35. The average molecular weight is 292 g/mol. The maximum absolute atomic E-state index is 6.50. The van der Waals surface area contributed by atoms with Gasteiger partial charge in [0.05, 0.1) is 5.02 Å². The molecule has 0 radical (unpaired) electrons. The third-order valence-electron chi connectivity index (χ3n) is 4.46. The van der Waals surface area contributed by atoms with E-state index in [4.69, 9.17) is 11.6 Å². The summed E-state index contributed by atoms with van der Waals surface area (Å²) >= 11 is 6.50. The van der Waals surface area contributed by atoms with Crippen molar-refractivity contribution in [2.45, 2.75) is 57.2 Å². The molecule has 1 heterocycles. The Morgan fingerprint density at radius 2 is 2.00 bits per heavy atom. The highest BCUT2D eigenvalue weighted by molar-refractivity contribution is 6.33. The van der Waals surface area contributed by atoms with Crippen LogP contribution in [-0.4, -0.2) is 23.6 Å². The summed E-state index contributed by atoms with van der Waals surface area (Å²) in [6.45, 7) is 2.04. The van der Waals surface area contributed by atoms with Crippen molar-refractivity contribution in [3.63, 3.8) is 0 Å². The minimum Gasteiger partial charge on any atom is -0.352 e. The van der Waals surface area contributed by atoms with Crippen molar-refractivity contribution in [1.82, 2.24) is 10.3 Å². The van der Waals surface area contributed by atoms with Gasteiger partial charge in [0.1, 0.15) is 5.82 Å². The van der Waals surface area contributed by atoms with Crippen molar-refractivity contribution >= 4 is 17.4 Å². The predicted molar refractivity (Wildman–Crippen MR) is 82.2 cm³/mol. The molecule has 4 rings (SSSR count). The molecule has 4 heteroatoms. The summed E-state index contributed by atoms with van der Waals surface area (Å²) in [6.07, 6.45) is 9.99. The molecular formula is C16H22ClN3. The molecule has 108 valence electrons. The monoisotopic (exact) mass is 291 g/mol. The molecule has 0 bridgehead atoms. The molecule has 3 aliphatic carbocycles. The van der Waals surface area contributed by atoms with Crippen LogP contribution in [0.3, 0.4) is 0 Å². The molecule has 0 saturated heterocycles. The normalized spacial score (nSPS) is 22.1. The van der Waals surface area contributed by atoms with Gasteiger partial charge in [-0.3, -0.25) is 0 Å². The van der Waals surface area contributed by atoms with Crippen LogP contribution in [-0.2, 0) is 6.54 Å². The number of hydrogen-bond acceptors (Lipinski definition) is 3. The van der Waals surface area contributed by atoms with E-state index in [1.165, 1.54) is 44.1 Å². The van der Waals surface area contributed by atoms with Crippen LogP contribution in [0.1, 0.15) is 44.1 Å². The molecule has 3 saturated carbocycles. The molecule has 0 spiro atoms. The van der Waals surface area contributed by atoms with Gasteiger partial charge in [-0.1, -0.05) is 11.6 Å². The fraction of sp³-hybridized carbons (Fsp3) is 0.688. The Bertz CT molecular complexity index is 492. The summed E-state index contributed by atoms with van der Waals surface area (Å²) in [5, 5.41) is 4.34. The van der Waals surface area contributed by atoms with Crippen LogP contribution in [0.5, 0.6) is 0 Å². The van der Waals surface area contributed by atoms with E-state index >= 15 is 0 Å². The lowest BCUT2D eigenvalue weighted by molar-refractivity contribution is 0.682. The van der Waals surface area contributed by atoms with Gasteiger partial charge < -0.3 is 10.2 Å². The lowest BCUT2D eigenvalue weighted by Gasteiger charge is -2.24. The van der Waals surface area contributed by atoms with Crippen molar-refractivity contribution in [2.75, 3.05) is 11.4 Å². The van der Waals surface area contributed by atoms with Crippen LogP contribution in [0.25, 0.3) is 0 Å². The third kappa shape index (κ3) is 3.09. The summed E-state index contributed by atoms with van der Waals surface area (Å²) in [7, 11) is 0. The number of pyridine rings is 1. The summed E-state index contributed by atoms with van der Waals surface area (Å²) in [5.41, 5.74) is 1.20. The lowest BCUT2D eigenvalue weighted by atomic mass is 10.2. The molecular weight excluding hydrogens is 270 g/mol. The number of rotatable bonds is 7. The van der Waals surface area contributed by atoms with Gasteiger partial charge in [0.15, 0.2) is 0 Å². The maximum atomic E-state index is 6.50. The first-order valence-corrected chi connectivity index (χ1v) is 8.32. The molecule has 3 nitrogen and oxygen atoms in total. The van der Waals surface area contributed by atoms with Crippen LogP contribution >= 0.6 is 11.6 Å². The van der Waals surface area contributed by atoms with Gasteiger partial charge in [-0.25, -0.2) is 4.98 Å². The van der Waals surface area contributed by atoms with Crippen LogP contribution in [0.15, 0.2) is 12.3 Å². The number of nitrogens with zero attached hydrogens (tertiary/aromatic N) is 2. The third-order valence-corrected chi connectivity index (χ3v) is 4.74. The highest BCUT2D eigenvalue weighted by Crippen LogP contribution is 2.39. The van der Waals surface area contributed by atoms with Crippen molar-refractivity contribution in [1.29, 1.82) is 0 Å². The first kappa shape index (κ1) is 12.9. The summed E-state index contributed by atoms with van der Waals surface area (Å²) in [5.74, 6) is 1.89. The van der Waals surface area contributed by atoms with Gasteiger partial charge in [-0.05, 0) is 56.1 Å². The smallest absolute Gasteiger partial charge is 0.147 e. The second-order valence-electron chi connectivity index (χ2n) is 6.63. The molecule has 0 amide bonds. The topological polar surface area (TPSA) is 28.2 Å². The summed E-state index contributed by atoms with van der Waals surface area (Å²) in [4.78, 5) is 7.13. The fourth-order valence-electron chi connectivity index (χ4n) is 2.70. The second kappa shape index (κ2) is 5.19. The van der Waals surface area contributed by atoms with Gasteiger partial charge in [0.2, 0.25) is 0 Å². The molecule has 0 atom stereocenters. The second-order valence-corrected chi connectivity index (χ2v) is 7.04. The largest absolute Gasteiger partial charge is 0.352 e. The summed E-state index contributed by atoms with van der Waals surface area (Å²) < 4.78 is 0. The van der Waals surface area contributed by atoms with Gasteiger partial charge in [0.25, 0.3) is 0 Å². The Hall–Kier alpha value is -0.800. The summed E-state index contributed by atoms with van der Waals surface area (Å²) in [6, 6.07) is 3.52. The first-order chi connectivity index (χ1) is 9.79. The van der Waals surface area contributed by atoms with Gasteiger partial charge in [0, 0.05) is 31.4 Å². The zero-order valence-corrected chi connectivity index (χ0v) is 12.6. The molecule has 20 heavy (non-hydrogen) atoms. The molecule has 3 fully saturated rings. The van der Waals surface area contributed by atoms with Crippen LogP contribution in [0.4, 0.5) is 5.82 Å². The Morgan fingerprint density at radius 1 is 1.20 bits per heavy atom. The van der Waals surface area contributed by atoms with Crippen molar-refractivity contribution in [3.05, 3.63) is 22.8 Å². The van der Waals surface area contributed by atoms with E-state index in [0.717, 1.165) is 35.9 Å². The van der Waals surface area contributed by atoms with Crippen LogP contribution < -0.4 is 10.2 Å². The maximum Gasteiger partial charge on any atom is 0.147 e. The molecule has 1 aromatic rings. The van der Waals surface area contributed by atoms with Crippen LogP contribution in [0, 0.1) is 5.92 Å². The molecule has 0 aromatic carbocycles. The standard InChI is InChI=1S/C16H22ClN3/c17-15-7-12(8-18-13-3-4-13)9-19-16(15)20(14-5-6-14)10-11-1-2-11/h7,9,11,13-14,18H,1-6,8,10H2. The van der Waals surface area contributed by atoms with Gasteiger partial charge in [-0.15, -0.1) is 0 Å². The average Bonchev–Trinajstić information content (AvgIpc) is 3.24. The Balaban J connectivity index is 1.47. The molecule has 1 N–H and O–H groups in total. The first-order valence-electron chi connectivity index (χ1n) is 7.94. The number of nitrogens with one attached hydrogen (secondary N) is 1. The highest BCUT2D eigenvalue weighted by Gasteiger charge is 2.35. The highest BCUT2D eigenvalue weighted by atomic mass is 35.5. The van der Waals surface area contributed by atoms with E-state index in [-0.39, 0.29) is 0 Å². The molecule has 0 aliphatic heterocycles. The van der Waals surface area contributed by atoms with Crippen molar-refractivity contribution in [2.24, 2.45) is 5.92 Å². The Labute approximate surface area is 125 Å². The van der Waals surface area contributed by atoms with Crippen molar-refractivity contribution in [3.8, 4) is 0 Å². The SMILES string of the molecule is Clc1cc(CNC2CC2)cnc1N(CC1CC1)C1CC1. The quantitative estimate of drug-likeness (QED) is 0.835. The van der Waals surface area contributed by atoms with Gasteiger partial charge >= 0.3 is 0 Å². The number of aromatic nitrogens is 1. The molecule has 0 unspecified atom stereocenters. The number of halogens is 1. The lowest BCUT2D eigenvalue weighted by Crippen LogP contribution is -2.29. The minimum absolute atomic E-state index is 0.691. The van der Waals surface area contributed by atoms with E-state index in [2.05, 4.69) is 21.3 Å². The fourth-order valence-corrected chi connectivity index (χ4v) is 3.00. The van der Waals surface area contributed by atoms with E-state index in [1.807, 2.05) is 6.20 Å². The van der Waals surface area contributed by atoms with Crippen LogP contribution in [0.2, 0.25) is 5.02 Å². The zero-order chi connectivity index (χ0) is 13.5. The van der Waals surface area contributed by atoms with E-state index in [1.54, 1.807) is 0 Å². The molecule has 1 aromatic heterocycles. The van der Waals surface area contributed by atoms with E-state index < -0.39 is 0 Å². The van der Waals surface area contributed by atoms with E-state index in [9.17, 15) is 0 Å². The van der Waals surface area contributed by atoms with Gasteiger partial charge in [-0.2, -0.15) is 0 Å². The molecule has 3 aliphatic rings. The minimum atomic E-state index is 0.691. The van der Waals surface area contributed by atoms with E-state index in [0.29, 0.717) is 6.04 Å². The number of anilines is 1. The predicted octanol–water partition coefficient (Wildman–Crippen LogP) is 3.37. The van der Waals surface area contributed by atoms with Crippen molar-refractivity contribution < 1.29 is 0 Å².